The number of aryl methyl sites for hydroxylation is 2. The molecule has 2 fully saturated rings. The van der Waals surface area contributed by atoms with E-state index < -0.39 is 0 Å². The zero-order valence-corrected chi connectivity index (χ0v) is 24.9. The van der Waals surface area contributed by atoms with E-state index in [1.807, 2.05) is 29.9 Å². The number of rotatable bonds is 10. The highest BCUT2D eigenvalue weighted by molar-refractivity contribution is 6.30. The summed E-state index contributed by atoms with van der Waals surface area (Å²) in [5.41, 5.74) is 5.98. The summed E-state index contributed by atoms with van der Waals surface area (Å²) in [6.07, 6.45) is 8.03. The highest BCUT2D eigenvalue weighted by atomic mass is 35.5. The van der Waals surface area contributed by atoms with Crippen LogP contribution in [-0.4, -0.2) is 81.1 Å². The van der Waals surface area contributed by atoms with E-state index in [4.69, 9.17) is 21.3 Å². The molecule has 1 saturated carbocycles. The van der Waals surface area contributed by atoms with Crippen LogP contribution < -0.4 is 5.32 Å². The molecule has 1 aliphatic carbocycles. The smallest absolute Gasteiger partial charge is 0.165 e. The molecule has 9 nitrogen and oxygen atoms in total. The van der Waals surface area contributed by atoms with Crippen molar-refractivity contribution in [2.24, 2.45) is 4.99 Å². The van der Waals surface area contributed by atoms with Crippen LogP contribution in [0.2, 0.25) is 5.02 Å². The maximum Gasteiger partial charge on any atom is 0.165 e. The first-order valence-corrected chi connectivity index (χ1v) is 15.4. The van der Waals surface area contributed by atoms with E-state index in [0.29, 0.717) is 5.02 Å². The number of aliphatic imine (C=N–C) groups is 1. The Kier molecular flexibility index (Phi) is 7.66. The average molecular weight is 585 g/mol. The third kappa shape index (κ3) is 5.54. The summed E-state index contributed by atoms with van der Waals surface area (Å²) in [4.78, 5) is 7.87. The van der Waals surface area contributed by atoms with Gasteiger partial charge in [0.1, 0.15) is 11.4 Å². The topological polar surface area (TPSA) is 85.4 Å². The maximum atomic E-state index is 6.25. The molecule has 7 rings (SSSR count). The number of piperazine rings is 1. The lowest BCUT2D eigenvalue weighted by molar-refractivity contribution is 0.113. The molecule has 0 amide bonds. The predicted molar refractivity (Wildman–Crippen MR) is 165 cm³/mol. The van der Waals surface area contributed by atoms with E-state index >= 15 is 0 Å². The second-order valence-corrected chi connectivity index (χ2v) is 12.0. The van der Waals surface area contributed by atoms with Gasteiger partial charge in [0.15, 0.2) is 5.82 Å². The van der Waals surface area contributed by atoms with Gasteiger partial charge in [-0.05, 0) is 62.4 Å². The van der Waals surface area contributed by atoms with Gasteiger partial charge in [0.2, 0.25) is 0 Å². The van der Waals surface area contributed by atoms with E-state index in [2.05, 4.69) is 66.6 Å². The first kappa shape index (κ1) is 27.5. The van der Waals surface area contributed by atoms with Crippen LogP contribution >= 0.6 is 11.6 Å². The standard InChI is InChI=1S/C32H37ClN8O/c1-23-37-38-31-32(10-11-32)36-30(24-4-7-27(33)8-5-24)28-20-25(6-9-29(28)41(23)31)26-21-35-40(22-26)15-3-19-42-18-2-14-39-16-12-34-13-17-39/h4-9,20-22,34H,2-3,10-19H2,1H3. The van der Waals surface area contributed by atoms with Crippen molar-refractivity contribution in [3.05, 3.63) is 82.7 Å². The van der Waals surface area contributed by atoms with Crippen molar-refractivity contribution in [1.82, 2.24) is 34.8 Å². The maximum absolute atomic E-state index is 6.25. The van der Waals surface area contributed by atoms with E-state index in [9.17, 15) is 0 Å². The summed E-state index contributed by atoms with van der Waals surface area (Å²) in [5, 5.41) is 17.8. The van der Waals surface area contributed by atoms with Gasteiger partial charge in [-0.15, -0.1) is 10.2 Å². The predicted octanol–water partition coefficient (Wildman–Crippen LogP) is 4.63. The van der Waals surface area contributed by atoms with Gasteiger partial charge >= 0.3 is 0 Å². The van der Waals surface area contributed by atoms with E-state index in [0.717, 1.165) is 123 Å². The fourth-order valence-corrected chi connectivity index (χ4v) is 6.17. The van der Waals surface area contributed by atoms with E-state index in [-0.39, 0.29) is 5.54 Å². The lowest BCUT2D eigenvalue weighted by Crippen LogP contribution is -2.43. The van der Waals surface area contributed by atoms with Crippen molar-refractivity contribution in [2.75, 3.05) is 45.9 Å². The molecule has 0 bridgehead atoms. The quantitative estimate of drug-likeness (QED) is 0.274. The highest BCUT2D eigenvalue weighted by Gasteiger charge is 2.51. The Morgan fingerprint density at radius 3 is 2.48 bits per heavy atom. The Morgan fingerprint density at radius 1 is 0.929 bits per heavy atom. The zero-order valence-electron chi connectivity index (χ0n) is 24.1. The number of hydrogen-bond donors (Lipinski definition) is 1. The molecule has 3 aliphatic rings. The van der Waals surface area contributed by atoms with Crippen LogP contribution in [0.5, 0.6) is 0 Å². The number of aromatic nitrogens is 5. The Balaban J connectivity index is 1.07. The fourth-order valence-electron chi connectivity index (χ4n) is 6.05. The van der Waals surface area contributed by atoms with Crippen molar-refractivity contribution < 1.29 is 4.74 Å². The van der Waals surface area contributed by atoms with Gasteiger partial charge in [-0.2, -0.15) is 5.10 Å². The van der Waals surface area contributed by atoms with Crippen molar-refractivity contribution in [1.29, 1.82) is 0 Å². The second-order valence-electron chi connectivity index (χ2n) is 11.5. The number of benzene rings is 2. The largest absolute Gasteiger partial charge is 0.381 e. The third-order valence-corrected chi connectivity index (χ3v) is 8.77. The number of hydrogen-bond acceptors (Lipinski definition) is 7. The first-order valence-electron chi connectivity index (χ1n) is 15.1. The van der Waals surface area contributed by atoms with Crippen LogP contribution in [0.15, 0.2) is 59.9 Å². The first-order chi connectivity index (χ1) is 20.6. The summed E-state index contributed by atoms with van der Waals surface area (Å²) >= 11 is 6.25. The molecule has 0 atom stereocenters. The minimum absolute atomic E-state index is 0.326. The molecule has 4 heterocycles. The zero-order chi connectivity index (χ0) is 28.5. The molecule has 1 N–H and O–H groups in total. The van der Waals surface area contributed by atoms with Gasteiger partial charge in [0, 0.05) is 80.4 Å². The molecule has 4 aromatic rings. The molecule has 218 valence electrons. The van der Waals surface area contributed by atoms with Crippen LogP contribution in [-0.2, 0) is 16.8 Å². The van der Waals surface area contributed by atoms with Crippen molar-refractivity contribution >= 4 is 17.3 Å². The molecule has 10 heteroatoms. The van der Waals surface area contributed by atoms with Crippen LogP contribution in [0, 0.1) is 6.92 Å². The monoisotopic (exact) mass is 584 g/mol. The number of nitrogens with zero attached hydrogens (tertiary/aromatic N) is 7. The van der Waals surface area contributed by atoms with Crippen LogP contribution in [0.1, 0.15) is 48.5 Å². The highest BCUT2D eigenvalue weighted by Crippen LogP contribution is 2.51. The molecular weight excluding hydrogens is 548 g/mol. The number of fused-ring (bicyclic) bond motifs is 4. The number of nitrogens with one attached hydrogen (secondary N) is 1. The third-order valence-electron chi connectivity index (χ3n) is 8.52. The second kappa shape index (κ2) is 11.7. The minimum atomic E-state index is -0.326. The molecule has 2 aliphatic heterocycles. The van der Waals surface area contributed by atoms with E-state index in [1.165, 1.54) is 0 Å². The molecule has 2 aromatic carbocycles. The van der Waals surface area contributed by atoms with Crippen LogP contribution in [0.4, 0.5) is 0 Å². The lowest BCUT2D eigenvalue weighted by Gasteiger charge is -2.26. The Hall–Kier alpha value is -3.37. The van der Waals surface area contributed by atoms with Crippen molar-refractivity contribution in [3.63, 3.8) is 0 Å². The molecule has 0 unspecified atom stereocenters. The van der Waals surface area contributed by atoms with Gasteiger partial charge in [-0.25, -0.2) is 0 Å². The van der Waals surface area contributed by atoms with Gasteiger partial charge in [-0.3, -0.25) is 14.2 Å². The molecule has 0 radical (unpaired) electrons. The molecule has 1 spiro atoms. The van der Waals surface area contributed by atoms with E-state index in [1.54, 1.807) is 0 Å². The molecular formula is C32H37ClN8O. The minimum Gasteiger partial charge on any atom is -0.381 e. The summed E-state index contributed by atoms with van der Waals surface area (Å²) < 4.78 is 10.1. The summed E-state index contributed by atoms with van der Waals surface area (Å²) in [6.45, 7) is 10.00. The van der Waals surface area contributed by atoms with Gasteiger partial charge < -0.3 is 15.0 Å². The Labute approximate surface area is 251 Å². The molecule has 2 aromatic heterocycles. The van der Waals surface area contributed by atoms with Gasteiger partial charge in [0.05, 0.1) is 17.6 Å². The number of ether oxygens (including phenoxy) is 1. The Bertz CT molecular complexity index is 1580. The molecule has 1 saturated heterocycles. The Morgan fingerprint density at radius 2 is 1.69 bits per heavy atom. The summed E-state index contributed by atoms with van der Waals surface area (Å²) in [5.74, 6) is 1.80. The SMILES string of the molecule is Cc1nnc2n1-c1ccc(-c3cnn(CCCOCCCN4CCNCC4)c3)cc1C(c1ccc(Cl)cc1)=NC21CC1. The fraction of sp³-hybridized carbons (Fsp3) is 0.438. The van der Waals surface area contributed by atoms with Crippen molar-refractivity contribution in [3.8, 4) is 16.8 Å². The summed E-state index contributed by atoms with van der Waals surface area (Å²) in [6, 6.07) is 14.5. The normalized spacial score (nSPS) is 17.5. The summed E-state index contributed by atoms with van der Waals surface area (Å²) in [7, 11) is 0. The van der Waals surface area contributed by atoms with Crippen LogP contribution in [0.3, 0.4) is 0 Å². The lowest BCUT2D eigenvalue weighted by atomic mass is 9.96. The van der Waals surface area contributed by atoms with Crippen molar-refractivity contribution in [2.45, 2.75) is 44.7 Å². The van der Waals surface area contributed by atoms with Gasteiger partial charge in [-0.1, -0.05) is 29.8 Å². The van der Waals surface area contributed by atoms with Gasteiger partial charge in [0.25, 0.3) is 0 Å². The number of halogens is 1. The van der Waals surface area contributed by atoms with Crippen LogP contribution in [0.25, 0.3) is 16.8 Å². The average Bonchev–Trinajstić information content (AvgIpc) is 3.49. The molecule has 42 heavy (non-hydrogen) atoms.